The van der Waals surface area contributed by atoms with Crippen LogP contribution in [0.2, 0.25) is 5.02 Å². The highest BCUT2D eigenvalue weighted by Gasteiger charge is 2.33. The number of methoxy groups -OCH3 is 1. The smallest absolute Gasteiger partial charge is 0.433 e. The minimum atomic E-state index is -4.55. The molecule has 1 unspecified atom stereocenters. The first-order chi connectivity index (χ1) is 11.3. The lowest BCUT2D eigenvalue weighted by Gasteiger charge is -2.20. The molecule has 0 amide bonds. The summed E-state index contributed by atoms with van der Waals surface area (Å²) in [6, 6.07) is 6.99. The molecule has 126 valence electrons. The van der Waals surface area contributed by atoms with Crippen molar-refractivity contribution in [1.29, 1.82) is 5.26 Å². The summed E-state index contributed by atoms with van der Waals surface area (Å²) in [5, 5.41) is 12.1. The van der Waals surface area contributed by atoms with Gasteiger partial charge in [0, 0.05) is 5.56 Å². The van der Waals surface area contributed by atoms with Crippen molar-refractivity contribution in [2.45, 2.75) is 19.1 Å². The topological polar surface area (TPSA) is 57.9 Å². The van der Waals surface area contributed by atoms with Gasteiger partial charge in [0.25, 0.3) is 0 Å². The summed E-state index contributed by atoms with van der Waals surface area (Å²) in [6.07, 6.45) is -3.51. The van der Waals surface area contributed by atoms with Gasteiger partial charge in [0.2, 0.25) is 0 Å². The maximum atomic E-state index is 12.9. The van der Waals surface area contributed by atoms with Crippen LogP contribution >= 0.6 is 11.6 Å². The van der Waals surface area contributed by atoms with E-state index in [0.717, 1.165) is 12.3 Å². The number of benzene rings is 1. The Bertz CT molecular complexity index is 787. The first kappa shape index (κ1) is 17.9. The number of alkyl halides is 3. The Labute approximate surface area is 141 Å². The maximum Gasteiger partial charge on any atom is 0.433 e. The van der Waals surface area contributed by atoms with E-state index in [1.54, 1.807) is 19.1 Å². The number of ether oxygens (including phenoxy) is 1. The van der Waals surface area contributed by atoms with E-state index in [1.165, 1.54) is 13.2 Å². The molecule has 0 radical (unpaired) electrons. The van der Waals surface area contributed by atoms with E-state index >= 15 is 0 Å². The number of anilines is 1. The fraction of sp³-hybridized carbons (Fsp3) is 0.250. The molecule has 0 fully saturated rings. The largest absolute Gasteiger partial charge is 0.495 e. The normalized spacial score (nSPS) is 12.4. The second-order valence-corrected chi connectivity index (χ2v) is 5.39. The zero-order valence-corrected chi connectivity index (χ0v) is 13.5. The van der Waals surface area contributed by atoms with E-state index in [2.05, 4.69) is 10.3 Å². The van der Waals surface area contributed by atoms with Gasteiger partial charge in [-0.05, 0) is 31.2 Å². The first-order valence-electron chi connectivity index (χ1n) is 6.83. The number of rotatable bonds is 4. The zero-order chi connectivity index (χ0) is 17.9. The molecule has 0 aliphatic heterocycles. The Kier molecular flexibility index (Phi) is 5.20. The molecule has 2 rings (SSSR count). The molecule has 1 heterocycles. The highest BCUT2D eigenvalue weighted by Crippen LogP contribution is 2.35. The van der Waals surface area contributed by atoms with Gasteiger partial charge in [-0.1, -0.05) is 11.6 Å². The average molecular weight is 356 g/mol. The molecule has 0 saturated heterocycles. The van der Waals surface area contributed by atoms with E-state index < -0.39 is 17.9 Å². The summed E-state index contributed by atoms with van der Waals surface area (Å²) >= 11 is 6.08. The fourth-order valence-electron chi connectivity index (χ4n) is 2.14. The number of nitrogens with one attached hydrogen (secondary N) is 1. The molecular formula is C16H13ClF3N3O. The third-order valence-electron chi connectivity index (χ3n) is 3.34. The van der Waals surface area contributed by atoms with Crippen LogP contribution in [0.3, 0.4) is 0 Å². The Morgan fingerprint density at radius 2 is 2.04 bits per heavy atom. The lowest BCUT2D eigenvalue weighted by Crippen LogP contribution is -2.13. The summed E-state index contributed by atoms with van der Waals surface area (Å²) in [6.45, 7) is 1.67. The quantitative estimate of drug-likeness (QED) is 0.855. The van der Waals surface area contributed by atoms with Crippen LogP contribution in [-0.4, -0.2) is 12.1 Å². The number of pyridine rings is 1. The lowest BCUT2D eigenvalue weighted by molar-refractivity contribution is -0.141. The number of halogens is 4. The fourth-order valence-corrected chi connectivity index (χ4v) is 2.37. The molecule has 0 saturated carbocycles. The summed E-state index contributed by atoms with van der Waals surface area (Å²) in [4.78, 5) is 3.37. The summed E-state index contributed by atoms with van der Waals surface area (Å²) in [7, 11) is 1.36. The number of aromatic nitrogens is 1. The Balaban J connectivity index is 2.35. The van der Waals surface area contributed by atoms with E-state index in [1.807, 2.05) is 6.07 Å². The molecule has 2 aromatic rings. The van der Waals surface area contributed by atoms with Crippen molar-refractivity contribution in [2.24, 2.45) is 0 Å². The van der Waals surface area contributed by atoms with Gasteiger partial charge in [0.1, 0.15) is 11.4 Å². The van der Waals surface area contributed by atoms with Crippen molar-refractivity contribution in [3.05, 3.63) is 52.3 Å². The number of nitriles is 1. The molecule has 0 spiro atoms. The van der Waals surface area contributed by atoms with Gasteiger partial charge < -0.3 is 10.1 Å². The van der Waals surface area contributed by atoms with Gasteiger partial charge in [0.05, 0.1) is 41.7 Å². The van der Waals surface area contributed by atoms with Crippen molar-refractivity contribution >= 4 is 17.3 Å². The summed E-state index contributed by atoms with van der Waals surface area (Å²) in [5.41, 5.74) is 0.174. The van der Waals surface area contributed by atoms with Crippen molar-refractivity contribution in [3.63, 3.8) is 0 Å². The van der Waals surface area contributed by atoms with Crippen molar-refractivity contribution in [1.82, 2.24) is 4.98 Å². The Hall–Kier alpha value is -2.46. The Morgan fingerprint density at radius 1 is 1.33 bits per heavy atom. The molecular weight excluding hydrogens is 343 g/mol. The molecule has 4 nitrogen and oxygen atoms in total. The molecule has 1 atom stereocenters. The van der Waals surface area contributed by atoms with Gasteiger partial charge in [-0.2, -0.15) is 18.4 Å². The summed E-state index contributed by atoms with van der Waals surface area (Å²) < 4.78 is 43.7. The minimum Gasteiger partial charge on any atom is -0.495 e. The predicted octanol–water partition coefficient (Wildman–Crippen LogP) is 4.81. The van der Waals surface area contributed by atoms with Crippen molar-refractivity contribution < 1.29 is 17.9 Å². The number of nitrogens with zero attached hydrogens (tertiary/aromatic N) is 2. The lowest BCUT2D eigenvalue weighted by atomic mass is 10.1. The van der Waals surface area contributed by atoms with Crippen LogP contribution in [0.1, 0.15) is 29.8 Å². The van der Waals surface area contributed by atoms with E-state index in [4.69, 9.17) is 21.6 Å². The molecule has 1 aromatic heterocycles. The predicted molar refractivity (Wildman–Crippen MR) is 84.0 cm³/mol. The first-order valence-corrected chi connectivity index (χ1v) is 7.21. The average Bonchev–Trinajstić information content (AvgIpc) is 2.55. The van der Waals surface area contributed by atoms with E-state index in [-0.39, 0.29) is 5.75 Å². The van der Waals surface area contributed by atoms with Crippen LogP contribution in [0.5, 0.6) is 5.75 Å². The van der Waals surface area contributed by atoms with Gasteiger partial charge in [-0.25, -0.2) is 4.98 Å². The van der Waals surface area contributed by atoms with Gasteiger partial charge in [0.15, 0.2) is 0 Å². The second kappa shape index (κ2) is 6.97. The van der Waals surface area contributed by atoms with Crippen molar-refractivity contribution in [3.8, 4) is 11.8 Å². The minimum absolute atomic E-state index is 0.229. The third-order valence-corrected chi connectivity index (χ3v) is 3.66. The molecule has 0 bridgehead atoms. The second-order valence-electron chi connectivity index (χ2n) is 4.98. The van der Waals surface area contributed by atoms with Crippen LogP contribution in [0, 0.1) is 11.3 Å². The monoisotopic (exact) mass is 355 g/mol. The third kappa shape index (κ3) is 3.89. The highest BCUT2D eigenvalue weighted by molar-refractivity contribution is 6.33. The molecule has 8 heteroatoms. The maximum absolute atomic E-state index is 12.9. The standard InChI is InChI=1S/C16H13ClF3N3O/c1-9(23-13-4-3-10(7-21)5-12(13)17)11-6-15(16(18,19)20)22-8-14(11)24-2/h3-6,8-9,23H,1-2H3. The number of hydrogen-bond acceptors (Lipinski definition) is 4. The molecule has 1 N–H and O–H groups in total. The van der Waals surface area contributed by atoms with Crippen LogP contribution < -0.4 is 10.1 Å². The highest BCUT2D eigenvalue weighted by atomic mass is 35.5. The van der Waals surface area contributed by atoms with Crippen LogP contribution in [0.15, 0.2) is 30.5 Å². The van der Waals surface area contributed by atoms with Crippen LogP contribution in [0.4, 0.5) is 18.9 Å². The van der Waals surface area contributed by atoms with Crippen LogP contribution in [-0.2, 0) is 6.18 Å². The van der Waals surface area contributed by atoms with E-state index in [9.17, 15) is 13.2 Å². The molecule has 24 heavy (non-hydrogen) atoms. The van der Waals surface area contributed by atoms with Crippen LogP contribution in [0.25, 0.3) is 0 Å². The van der Waals surface area contributed by atoms with E-state index in [0.29, 0.717) is 21.8 Å². The molecule has 0 aliphatic carbocycles. The van der Waals surface area contributed by atoms with Gasteiger partial charge in [-0.3, -0.25) is 0 Å². The number of hydrogen-bond donors (Lipinski definition) is 1. The zero-order valence-electron chi connectivity index (χ0n) is 12.8. The SMILES string of the molecule is COc1cnc(C(F)(F)F)cc1C(C)Nc1ccc(C#N)cc1Cl. The van der Waals surface area contributed by atoms with Crippen molar-refractivity contribution in [2.75, 3.05) is 12.4 Å². The Morgan fingerprint density at radius 3 is 2.58 bits per heavy atom. The molecule has 1 aromatic carbocycles. The van der Waals surface area contributed by atoms with Gasteiger partial charge in [-0.15, -0.1) is 0 Å². The molecule has 0 aliphatic rings. The van der Waals surface area contributed by atoms with Gasteiger partial charge >= 0.3 is 6.18 Å². The summed E-state index contributed by atoms with van der Waals surface area (Å²) in [5.74, 6) is 0.229.